The number of halogens is 1. The Morgan fingerprint density at radius 2 is 1.83 bits per heavy atom. The third-order valence-electron chi connectivity index (χ3n) is 3.91. The maximum absolute atomic E-state index is 12.6. The van der Waals surface area contributed by atoms with E-state index in [1.54, 1.807) is 24.3 Å². The second-order valence-corrected chi connectivity index (χ2v) is 6.50. The van der Waals surface area contributed by atoms with Crippen molar-refractivity contribution in [3.63, 3.8) is 0 Å². The van der Waals surface area contributed by atoms with E-state index in [-0.39, 0.29) is 24.3 Å². The van der Waals surface area contributed by atoms with Crippen molar-refractivity contribution in [3.05, 3.63) is 65.7 Å². The van der Waals surface area contributed by atoms with Crippen molar-refractivity contribution in [3.8, 4) is 0 Å². The van der Waals surface area contributed by atoms with Gasteiger partial charge in [0.2, 0.25) is 11.8 Å². The number of alkyl halides is 1. The van der Waals surface area contributed by atoms with Gasteiger partial charge in [-0.15, -0.1) is 11.6 Å². The highest BCUT2D eigenvalue weighted by Gasteiger charge is 2.23. The molecule has 0 radical (unpaired) electrons. The van der Waals surface area contributed by atoms with Crippen LogP contribution in [-0.2, 0) is 20.9 Å². The van der Waals surface area contributed by atoms with E-state index >= 15 is 0 Å². The molecule has 0 heterocycles. The molecule has 154 valence electrons. The van der Waals surface area contributed by atoms with E-state index < -0.39 is 12.1 Å². The number of anilines is 1. The summed E-state index contributed by atoms with van der Waals surface area (Å²) in [6.45, 7) is 2.49. The van der Waals surface area contributed by atoms with Gasteiger partial charge in [-0.25, -0.2) is 4.79 Å². The molecule has 7 nitrogen and oxygen atoms in total. The molecule has 2 rings (SSSR count). The van der Waals surface area contributed by atoms with Gasteiger partial charge in [0.1, 0.15) is 18.5 Å². The van der Waals surface area contributed by atoms with Crippen LogP contribution < -0.4 is 16.0 Å². The molecule has 8 heteroatoms. The molecule has 0 unspecified atom stereocenters. The van der Waals surface area contributed by atoms with Gasteiger partial charge in [-0.2, -0.15) is 0 Å². The Bertz CT molecular complexity index is 830. The van der Waals surface area contributed by atoms with E-state index in [2.05, 4.69) is 16.0 Å². The van der Waals surface area contributed by atoms with Crippen LogP contribution >= 0.6 is 11.6 Å². The van der Waals surface area contributed by atoms with Crippen molar-refractivity contribution >= 4 is 35.2 Å². The first kappa shape index (κ1) is 22.2. The number of carbonyl (C=O) groups is 3. The molecule has 3 amide bonds. The van der Waals surface area contributed by atoms with Gasteiger partial charge < -0.3 is 20.7 Å². The van der Waals surface area contributed by atoms with E-state index in [1.165, 1.54) is 0 Å². The maximum atomic E-state index is 12.6. The quantitative estimate of drug-likeness (QED) is 0.545. The average molecular weight is 418 g/mol. The molecule has 0 spiro atoms. The van der Waals surface area contributed by atoms with Crippen molar-refractivity contribution < 1.29 is 19.1 Å². The van der Waals surface area contributed by atoms with Crippen molar-refractivity contribution in [2.45, 2.75) is 26.0 Å². The Hall–Kier alpha value is -3.06. The number of alkyl carbamates (subject to hydrolysis) is 1. The topological polar surface area (TPSA) is 96.5 Å². The number of rotatable bonds is 9. The smallest absolute Gasteiger partial charge is 0.408 e. The minimum absolute atomic E-state index is 0.0851. The minimum atomic E-state index is -0.974. The zero-order valence-corrected chi connectivity index (χ0v) is 16.9. The molecule has 0 aliphatic rings. The maximum Gasteiger partial charge on any atom is 0.408 e. The van der Waals surface area contributed by atoms with Gasteiger partial charge in [-0.05, 0) is 29.7 Å². The third-order valence-corrected chi connectivity index (χ3v) is 4.15. The van der Waals surface area contributed by atoms with Gasteiger partial charge in [0, 0.05) is 12.2 Å². The van der Waals surface area contributed by atoms with Crippen LogP contribution in [0.15, 0.2) is 54.6 Å². The highest BCUT2D eigenvalue weighted by atomic mass is 35.5. The molecular formula is C21H24ClN3O4. The van der Waals surface area contributed by atoms with Crippen molar-refractivity contribution in [2.24, 2.45) is 0 Å². The SMILES string of the molecule is CCCNC(=O)[C@H](NC(=O)OCc1ccccc1)c1cccc(NC(=O)CCl)c1. The van der Waals surface area contributed by atoms with Gasteiger partial charge in [0.05, 0.1) is 0 Å². The summed E-state index contributed by atoms with van der Waals surface area (Å²) >= 11 is 5.52. The summed E-state index contributed by atoms with van der Waals surface area (Å²) in [5, 5.41) is 7.98. The lowest BCUT2D eigenvalue weighted by Crippen LogP contribution is -2.40. The van der Waals surface area contributed by atoms with Crippen molar-refractivity contribution in [2.75, 3.05) is 17.7 Å². The van der Waals surface area contributed by atoms with Crippen LogP contribution in [0.1, 0.15) is 30.5 Å². The molecule has 0 aromatic heterocycles. The molecule has 0 aliphatic carbocycles. The van der Waals surface area contributed by atoms with Gasteiger partial charge >= 0.3 is 6.09 Å². The molecule has 0 aliphatic heterocycles. The lowest BCUT2D eigenvalue weighted by atomic mass is 10.1. The van der Waals surface area contributed by atoms with Crippen LogP contribution in [0.2, 0.25) is 0 Å². The van der Waals surface area contributed by atoms with Crippen LogP contribution in [0.25, 0.3) is 0 Å². The predicted octanol–water partition coefficient (Wildman–Crippen LogP) is 3.36. The fraction of sp³-hybridized carbons (Fsp3) is 0.286. The summed E-state index contributed by atoms with van der Waals surface area (Å²) in [4.78, 5) is 36.4. The van der Waals surface area contributed by atoms with Gasteiger partial charge in [-0.3, -0.25) is 9.59 Å². The Kier molecular flexibility index (Phi) is 8.98. The molecule has 2 aromatic carbocycles. The van der Waals surface area contributed by atoms with Gasteiger partial charge in [0.15, 0.2) is 0 Å². The normalized spacial score (nSPS) is 11.2. The number of hydrogen-bond acceptors (Lipinski definition) is 4. The highest BCUT2D eigenvalue weighted by molar-refractivity contribution is 6.29. The molecule has 0 saturated carbocycles. The number of ether oxygens (including phenoxy) is 1. The summed E-state index contributed by atoms with van der Waals surface area (Å²) in [6, 6.07) is 14.9. The van der Waals surface area contributed by atoms with Crippen LogP contribution in [0.5, 0.6) is 0 Å². The predicted molar refractivity (Wildman–Crippen MR) is 112 cm³/mol. The van der Waals surface area contributed by atoms with Crippen LogP contribution in [0.3, 0.4) is 0 Å². The second kappa shape index (κ2) is 11.7. The molecule has 0 saturated heterocycles. The van der Waals surface area contributed by atoms with E-state index in [0.29, 0.717) is 17.8 Å². The fourth-order valence-corrected chi connectivity index (χ4v) is 2.59. The summed E-state index contributed by atoms with van der Waals surface area (Å²) < 4.78 is 5.23. The Morgan fingerprint density at radius 1 is 1.07 bits per heavy atom. The molecular weight excluding hydrogens is 394 g/mol. The average Bonchev–Trinajstić information content (AvgIpc) is 2.75. The molecule has 0 fully saturated rings. The Morgan fingerprint density at radius 3 is 2.52 bits per heavy atom. The van der Waals surface area contributed by atoms with E-state index in [1.807, 2.05) is 37.3 Å². The fourth-order valence-electron chi connectivity index (χ4n) is 2.52. The molecule has 2 aromatic rings. The van der Waals surface area contributed by atoms with Crippen molar-refractivity contribution in [1.29, 1.82) is 0 Å². The monoisotopic (exact) mass is 417 g/mol. The Labute approximate surface area is 174 Å². The number of hydrogen-bond donors (Lipinski definition) is 3. The lowest BCUT2D eigenvalue weighted by Gasteiger charge is -2.19. The van der Waals surface area contributed by atoms with Gasteiger partial charge in [-0.1, -0.05) is 49.4 Å². The second-order valence-electron chi connectivity index (χ2n) is 6.24. The third kappa shape index (κ3) is 7.46. The number of amides is 3. The number of nitrogens with one attached hydrogen (secondary N) is 3. The number of carbonyl (C=O) groups excluding carboxylic acids is 3. The first-order chi connectivity index (χ1) is 14.0. The van der Waals surface area contributed by atoms with E-state index in [9.17, 15) is 14.4 Å². The van der Waals surface area contributed by atoms with E-state index in [4.69, 9.17) is 16.3 Å². The van der Waals surface area contributed by atoms with E-state index in [0.717, 1.165) is 12.0 Å². The zero-order chi connectivity index (χ0) is 21.1. The van der Waals surface area contributed by atoms with Crippen LogP contribution in [-0.4, -0.2) is 30.3 Å². The molecule has 29 heavy (non-hydrogen) atoms. The van der Waals surface area contributed by atoms with Crippen LogP contribution in [0, 0.1) is 0 Å². The Balaban J connectivity index is 2.12. The molecule has 1 atom stereocenters. The lowest BCUT2D eigenvalue weighted by molar-refractivity contribution is -0.123. The summed E-state index contributed by atoms with van der Waals surface area (Å²) in [5.74, 6) is -0.926. The van der Waals surface area contributed by atoms with Crippen molar-refractivity contribution in [1.82, 2.24) is 10.6 Å². The largest absolute Gasteiger partial charge is 0.445 e. The summed E-state index contributed by atoms with van der Waals surface area (Å²) in [6.07, 6.45) is 0.0311. The first-order valence-corrected chi connectivity index (χ1v) is 9.77. The summed E-state index contributed by atoms with van der Waals surface area (Å²) in [5.41, 5.74) is 1.81. The minimum Gasteiger partial charge on any atom is -0.445 e. The van der Waals surface area contributed by atoms with Crippen LogP contribution in [0.4, 0.5) is 10.5 Å². The number of benzene rings is 2. The standard InChI is InChI=1S/C21H24ClN3O4/c1-2-11-23-20(27)19(16-9-6-10-17(12-16)24-18(26)13-22)25-21(28)29-14-15-7-4-3-5-8-15/h3-10,12,19H,2,11,13-14H2,1H3,(H,23,27)(H,24,26)(H,25,28)/t19-/m1/s1. The summed E-state index contributed by atoms with van der Waals surface area (Å²) in [7, 11) is 0. The molecule has 0 bridgehead atoms. The molecule has 3 N–H and O–H groups in total. The first-order valence-electron chi connectivity index (χ1n) is 9.24. The van der Waals surface area contributed by atoms with Gasteiger partial charge in [0.25, 0.3) is 0 Å². The highest BCUT2D eigenvalue weighted by Crippen LogP contribution is 2.19. The zero-order valence-electron chi connectivity index (χ0n) is 16.1.